The highest BCUT2D eigenvalue weighted by molar-refractivity contribution is 5.98. The molecule has 0 fully saturated rings. The zero-order valence-electron chi connectivity index (χ0n) is 17.2. The summed E-state index contributed by atoms with van der Waals surface area (Å²) in [6.07, 6.45) is 0. The Labute approximate surface area is 186 Å². The van der Waals surface area contributed by atoms with Gasteiger partial charge in [-0.2, -0.15) is 5.26 Å². The van der Waals surface area contributed by atoms with E-state index < -0.39 is 10.5 Å². The fourth-order valence-corrected chi connectivity index (χ4v) is 3.82. The number of rotatable bonds is 4. The molecule has 5 rings (SSSR count). The Kier molecular flexibility index (Phi) is 4.61. The Bertz CT molecular complexity index is 1660. The number of fused-ring (bicyclic) bond motifs is 2. The summed E-state index contributed by atoms with van der Waals surface area (Å²) in [6, 6.07) is 19.4. The Morgan fingerprint density at radius 3 is 2.42 bits per heavy atom. The smallest absolute Gasteiger partial charge is 0.304 e. The van der Waals surface area contributed by atoms with Gasteiger partial charge in [0.25, 0.3) is 5.56 Å². The van der Waals surface area contributed by atoms with E-state index in [-0.39, 0.29) is 28.0 Å². The second-order valence-corrected chi connectivity index (χ2v) is 7.35. The largest absolute Gasteiger partial charge is 0.497 e. The molecule has 0 unspecified atom stereocenters. The molecule has 3 aromatic carbocycles. The quantitative estimate of drug-likeness (QED) is 0.313. The first-order valence-electron chi connectivity index (χ1n) is 9.87. The van der Waals surface area contributed by atoms with Gasteiger partial charge in [-0.25, -0.2) is 4.98 Å². The molecule has 0 aliphatic rings. The van der Waals surface area contributed by atoms with Crippen LogP contribution in [0.2, 0.25) is 0 Å². The molecule has 0 saturated carbocycles. The third-order valence-electron chi connectivity index (χ3n) is 5.44. The minimum atomic E-state index is -0.575. The maximum atomic E-state index is 12.8. The predicted octanol–water partition coefficient (Wildman–Crippen LogP) is 4.53. The number of methoxy groups -OCH3 is 1. The summed E-state index contributed by atoms with van der Waals surface area (Å²) in [5, 5.41) is 21.3. The van der Waals surface area contributed by atoms with Crippen molar-refractivity contribution in [3.8, 4) is 34.3 Å². The van der Waals surface area contributed by atoms with E-state index in [2.05, 4.69) is 15.0 Å². The van der Waals surface area contributed by atoms with Crippen molar-refractivity contribution in [2.75, 3.05) is 7.11 Å². The first kappa shape index (κ1) is 20.0. The number of benzene rings is 3. The average Bonchev–Trinajstić information content (AvgIpc) is 3.22. The molecule has 0 radical (unpaired) electrons. The van der Waals surface area contributed by atoms with Crippen molar-refractivity contribution in [3.05, 3.63) is 86.7 Å². The van der Waals surface area contributed by atoms with E-state index in [9.17, 15) is 14.9 Å². The maximum absolute atomic E-state index is 12.8. The summed E-state index contributed by atoms with van der Waals surface area (Å²) in [7, 11) is 1.59. The van der Waals surface area contributed by atoms with Crippen LogP contribution in [0.25, 0.3) is 44.5 Å². The Morgan fingerprint density at radius 2 is 1.73 bits per heavy atom. The number of hydrogen-bond acceptors (Lipinski definition) is 6. The van der Waals surface area contributed by atoms with Crippen LogP contribution in [0.4, 0.5) is 5.69 Å². The molecule has 0 aliphatic heterocycles. The molecule has 0 amide bonds. The van der Waals surface area contributed by atoms with E-state index in [1.54, 1.807) is 31.4 Å². The van der Waals surface area contributed by atoms with Crippen molar-refractivity contribution in [3.63, 3.8) is 0 Å². The van der Waals surface area contributed by atoms with Gasteiger partial charge in [-0.1, -0.05) is 18.2 Å². The summed E-state index contributed by atoms with van der Waals surface area (Å²) in [5.41, 5.74) is 2.51. The van der Waals surface area contributed by atoms with Crippen LogP contribution in [0.5, 0.6) is 5.75 Å². The second kappa shape index (κ2) is 7.62. The summed E-state index contributed by atoms with van der Waals surface area (Å²) < 4.78 is 5.19. The minimum absolute atomic E-state index is 0.0110. The zero-order valence-corrected chi connectivity index (χ0v) is 17.2. The molecule has 9 nitrogen and oxygen atoms in total. The SMILES string of the molecule is COc1ccc(-c2ccc3[nH]c(=O)c(-c4[nH]c5ccc(C#N)cc5c4[N+](=O)[O-])nc3c2)cc1. The molecule has 2 heterocycles. The van der Waals surface area contributed by atoms with Crippen LogP contribution < -0.4 is 10.3 Å². The van der Waals surface area contributed by atoms with Crippen molar-refractivity contribution in [1.29, 1.82) is 5.26 Å². The number of aromatic amines is 2. The molecule has 9 heteroatoms. The molecular formula is C24H15N5O4. The van der Waals surface area contributed by atoms with Crippen LogP contribution in [0, 0.1) is 21.4 Å². The Balaban J connectivity index is 1.71. The second-order valence-electron chi connectivity index (χ2n) is 7.35. The normalized spacial score (nSPS) is 10.9. The fourth-order valence-electron chi connectivity index (χ4n) is 3.82. The van der Waals surface area contributed by atoms with Crippen LogP contribution in [0.3, 0.4) is 0 Å². The summed E-state index contributed by atoms with van der Waals surface area (Å²) in [6.45, 7) is 0. The van der Waals surface area contributed by atoms with Crippen molar-refractivity contribution >= 4 is 27.6 Å². The van der Waals surface area contributed by atoms with E-state index >= 15 is 0 Å². The van der Waals surface area contributed by atoms with Crippen molar-refractivity contribution in [1.82, 2.24) is 15.0 Å². The van der Waals surface area contributed by atoms with Gasteiger partial charge in [0.1, 0.15) is 11.4 Å². The van der Waals surface area contributed by atoms with Gasteiger partial charge >= 0.3 is 5.69 Å². The number of ether oxygens (including phenoxy) is 1. The lowest BCUT2D eigenvalue weighted by Crippen LogP contribution is -2.12. The van der Waals surface area contributed by atoms with Gasteiger partial charge in [0.2, 0.25) is 0 Å². The lowest BCUT2D eigenvalue weighted by atomic mass is 10.0. The Hall–Kier alpha value is -4.97. The number of nitro groups is 1. The number of aromatic nitrogens is 3. The van der Waals surface area contributed by atoms with E-state index in [0.717, 1.165) is 16.9 Å². The predicted molar refractivity (Wildman–Crippen MR) is 123 cm³/mol. The minimum Gasteiger partial charge on any atom is -0.497 e. The molecule has 0 spiro atoms. The maximum Gasteiger partial charge on any atom is 0.304 e. The number of nitrogens with one attached hydrogen (secondary N) is 2. The highest BCUT2D eigenvalue weighted by atomic mass is 16.6. The van der Waals surface area contributed by atoms with Gasteiger partial charge in [0, 0.05) is 0 Å². The molecule has 0 saturated heterocycles. The lowest BCUT2D eigenvalue weighted by molar-refractivity contribution is -0.382. The molecule has 0 bridgehead atoms. The van der Waals surface area contributed by atoms with E-state index in [1.165, 1.54) is 6.07 Å². The fraction of sp³-hybridized carbons (Fsp3) is 0.0417. The molecule has 33 heavy (non-hydrogen) atoms. The highest BCUT2D eigenvalue weighted by Crippen LogP contribution is 2.35. The van der Waals surface area contributed by atoms with Crippen molar-refractivity contribution in [2.24, 2.45) is 0 Å². The molecule has 2 aromatic heterocycles. The first-order valence-corrected chi connectivity index (χ1v) is 9.87. The third-order valence-corrected chi connectivity index (χ3v) is 5.44. The molecule has 0 aliphatic carbocycles. The van der Waals surface area contributed by atoms with Crippen molar-refractivity contribution < 1.29 is 9.66 Å². The van der Waals surface area contributed by atoms with Gasteiger partial charge in [0.15, 0.2) is 5.69 Å². The summed E-state index contributed by atoms with van der Waals surface area (Å²) in [4.78, 5) is 34.3. The van der Waals surface area contributed by atoms with Crippen LogP contribution >= 0.6 is 0 Å². The van der Waals surface area contributed by atoms with Gasteiger partial charge in [-0.05, 0) is 53.6 Å². The topological polar surface area (TPSA) is 138 Å². The van der Waals surface area contributed by atoms with Crippen LogP contribution in [-0.4, -0.2) is 27.0 Å². The standard InChI is InChI=1S/C24H15N5O4/c1-33-16-6-3-14(4-7-16)15-5-9-19-20(11-15)27-22(24(30)28-19)21-23(29(31)32)17-10-13(12-25)2-8-18(17)26-21/h2-11,26H,1H3,(H,28,30). The van der Waals surface area contributed by atoms with Gasteiger partial charge < -0.3 is 14.7 Å². The van der Waals surface area contributed by atoms with Crippen LogP contribution in [0.15, 0.2) is 65.5 Å². The van der Waals surface area contributed by atoms with Gasteiger partial charge in [0.05, 0.1) is 45.6 Å². The third kappa shape index (κ3) is 3.36. The highest BCUT2D eigenvalue weighted by Gasteiger charge is 2.26. The van der Waals surface area contributed by atoms with Crippen LogP contribution in [0.1, 0.15) is 5.56 Å². The molecule has 5 aromatic rings. The van der Waals surface area contributed by atoms with Gasteiger partial charge in [-0.3, -0.25) is 14.9 Å². The number of hydrogen-bond donors (Lipinski definition) is 2. The zero-order chi connectivity index (χ0) is 23.1. The lowest BCUT2D eigenvalue weighted by Gasteiger charge is -2.06. The van der Waals surface area contributed by atoms with E-state index in [1.807, 2.05) is 36.4 Å². The van der Waals surface area contributed by atoms with Crippen molar-refractivity contribution in [2.45, 2.75) is 0 Å². The monoisotopic (exact) mass is 437 g/mol. The molecule has 2 N–H and O–H groups in total. The number of H-pyrrole nitrogens is 2. The number of nitriles is 1. The first-order chi connectivity index (χ1) is 16.0. The van der Waals surface area contributed by atoms with Gasteiger partial charge in [-0.15, -0.1) is 0 Å². The van der Waals surface area contributed by atoms with Crippen LogP contribution in [-0.2, 0) is 0 Å². The summed E-state index contributed by atoms with van der Waals surface area (Å²) >= 11 is 0. The Morgan fingerprint density at radius 1 is 1.00 bits per heavy atom. The molecule has 160 valence electrons. The molecular weight excluding hydrogens is 422 g/mol. The average molecular weight is 437 g/mol. The number of nitrogens with zero attached hydrogens (tertiary/aromatic N) is 3. The summed E-state index contributed by atoms with van der Waals surface area (Å²) in [5.74, 6) is 0.731. The molecule has 0 atom stereocenters. The van der Waals surface area contributed by atoms with E-state index in [0.29, 0.717) is 16.6 Å². The van der Waals surface area contributed by atoms with E-state index in [4.69, 9.17) is 10.00 Å².